The third-order valence-corrected chi connectivity index (χ3v) is 6.95. The molecular formula is C29H34F2N8O3. The number of anilines is 2. The summed E-state index contributed by atoms with van der Waals surface area (Å²) < 4.78 is 40.4. The molecule has 1 aliphatic heterocycles. The number of fused-ring (bicyclic) bond motifs is 1. The number of nitrogens with one attached hydrogen (secondary N) is 1. The van der Waals surface area contributed by atoms with Crippen LogP contribution in [0.25, 0.3) is 16.9 Å². The molecule has 222 valence electrons. The molecule has 0 radical (unpaired) electrons. The second-order valence-electron chi connectivity index (χ2n) is 9.94. The van der Waals surface area contributed by atoms with E-state index in [1.54, 1.807) is 61.7 Å². The van der Waals surface area contributed by atoms with Crippen molar-refractivity contribution in [3.8, 4) is 5.82 Å². The van der Waals surface area contributed by atoms with Gasteiger partial charge in [-0.1, -0.05) is 18.2 Å². The SMILES string of the molecule is COCCCN(Cc1cccnc1)C(=O)[C@H](C)Nc1nc(N2CCOCC2)cc(-n2c(C(F)F)nc3ccccc32)n1. The van der Waals surface area contributed by atoms with Gasteiger partial charge in [0.2, 0.25) is 11.9 Å². The lowest BCUT2D eigenvalue weighted by Gasteiger charge is -2.29. The van der Waals surface area contributed by atoms with Gasteiger partial charge in [0.05, 0.1) is 24.2 Å². The first-order valence-electron chi connectivity index (χ1n) is 13.9. The van der Waals surface area contributed by atoms with Crippen LogP contribution >= 0.6 is 0 Å². The predicted molar refractivity (Wildman–Crippen MR) is 154 cm³/mol. The Morgan fingerprint density at radius 1 is 1.12 bits per heavy atom. The number of para-hydroxylation sites is 2. The number of halogens is 2. The van der Waals surface area contributed by atoms with Gasteiger partial charge < -0.3 is 24.6 Å². The van der Waals surface area contributed by atoms with Gasteiger partial charge >= 0.3 is 0 Å². The number of nitrogens with zero attached hydrogens (tertiary/aromatic N) is 7. The number of morpholine rings is 1. The molecule has 4 aromatic rings. The second kappa shape index (κ2) is 13.6. The number of ether oxygens (including phenoxy) is 2. The maximum absolute atomic E-state index is 14.2. The highest BCUT2D eigenvalue weighted by Crippen LogP contribution is 2.29. The van der Waals surface area contributed by atoms with Gasteiger partial charge in [-0.2, -0.15) is 9.97 Å². The second-order valence-corrected chi connectivity index (χ2v) is 9.94. The Morgan fingerprint density at radius 3 is 2.64 bits per heavy atom. The Kier molecular flexibility index (Phi) is 9.49. The summed E-state index contributed by atoms with van der Waals surface area (Å²) >= 11 is 0. The minimum Gasteiger partial charge on any atom is -0.385 e. The number of imidazole rings is 1. The van der Waals surface area contributed by atoms with Crippen molar-refractivity contribution in [1.29, 1.82) is 0 Å². The van der Waals surface area contributed by atoms with E-state index in [-0.39, 0.29) is 17.7 Å². The molecule has 1 aromatic carbocycles. The van der Waals surface area contributed by atoms with Crippen LogP contribution in [0.1, 0.15) is 31.2 Å². The third-order valence-electron chi connectivity index (χ3n) is 6.95. The first-order valence-corrected chi connectivity index (χ1v) is 13.9. The zero-order chi connectivity index (χ0) is 29.5. The van der Waals surface area contributed by atoms with E-state index in [0.717, 1.165) is 5.56 Å². The molecule has 1 N–H and O–H groups in total. The molecule has 1 aliphatic rings. The lowest BCUT2D eigenvalue weighted by atomic mass is 10.2. The zero-order valence-electron chi connectivity index (χ0n) is 23.6. The van der Waals surface area contributed by atoms with Crippen LogP contribution in [0, 0.1) is 0 Å². The summed E-state index contributed by atoms with van der Waals surface area (Å²) in [6.07, 6.45) is 1.24. The fraction of sp³-hybridized carbons (Fsp3) is 0.414. The van der Waals surface area contributed by atoms with Crippen molar-refractivity contribution in [3.05, 3.63) is 66.2 Å². The van der Waals surface area contributed by atoms with Crippen LogP contribution in [-0.2, 0) is 20.8 Å². The number of hydrogen-bond acceptors (Lipinski definition) is 9. The Bertz CT molecular complexity index is 1480. The van der Waals surface area contributed by atoms with E-state index < -0.39 is 18.3 Å². The van der Waals surface area contributed by atoms with Crippen molar-refractivity contribution in [2.24, 2.45) is 0 Å². The number of benzene rings is 1. The summed E-state index contributed by atoms with van der Waals surface area (Å²) in [4.78, 5) is 35.0. The Hall–Kier alpha value is -4.23. The Labute approximate surface area is 242 Å². The molecule has 0 bridgehead atoms. The van der Waals surface area contributed by atoms with Crippen LogP contribution < -0.4 is 10.2 Å². The van der Waals surface area contributed by atoms with E-state index >= 15 is 0 Å². The highest BCUT2D eigenvalue weighted by atomic mass is 19.3. The largest absolute Gasteiger partial charge is 0.385 e. The molecule has 1 saturated heterocycles. The number of methoxy groups -OCH3 is 1. The molecule has 1 atom stereocenters. The van der Waals surface area contributed by atoms with E-state index in [1.807, 2.05) is 17.0 Å². The normalized spacial score (nSPS) is 14.4. The van der Waals surface area contributed by atoms with Gasteiger partial charge in [-0.15, -0.1) is 0 Å². The van der Waals surface area contributed by atoms with Crippen LogP contribution in [0.5, 0.6) is 0 Å². The molecular weight excluding hydrogens is 546 g/mol. The summed E-state index contributed by atoms with van der Waals surface area (Å²) in [5.74, 6) is 0.323. The minimum atomic E-state index is -2.83. The van der Waals surface area contributed by atoms with Crippen molar-refractivity contribution in [3.63, 3.8) is 0 Å². The monoisotopic (exact) mass is 580 g/mol. The number of rotatable bonds is 12. The smallest absolute Gasteiger partial charge is 0.296 e. The zero-order valence-corrected chi connectivity index (χ0v) is 23.6. The average Bonchev–Trinajstić information content (AvgIpc) is 3.41. The van der Waals surface area contributed by atoms with E-state index in [4.69, 9.17) is 9.47 Å². The average molecular weight is 581 g/mol. The summed E-state index contributed by atoms with van der Waals surface area (Å²) in [7, 11) is 1.62. The number of pyridine rings is 1. The van der Waals surface area contributed by atoms with E-state index in [9.17, 15) is 13.6 Å². The molecule has 1 amide bonds. The van der Waals surface area contributed by atoms with Gasteiger partial charge in [0.1, 0.15) is 17.7 Å². The fourth-order valence-electron chi connectivity index (χ4n) is 4.90. The van der Waals surface area contributed by atoms with Gasteiger partial charge in [-0.3, -0.25) is 14.3 Å². The molecule has 1 fully saturated rings. The third kappa shape index (κ3) is 6.80. The van der Waals surface area contributed by atoms with Crippen molar-refractivity contribution in [2.45, 2.75) is 32.4 Å². The molecule has 11 nitrogen and oxygen atoms in total. The maximum Gasteiger partial charge on any atom is 0.296 e. The van der Waals surface area contributed by atoms with E-state index in [2.05, 4.69) is 25.3 Å². The summed E-state index contributed by atoms with van der Waals surface area (Å²) in [6.45, 7) is 5.28. The van der Waals surface area contributed by atoms with Gasteiger partial charge in [0.25, 0.3) is 6.43 Å². The number of carbonyl (C=O) groups excluding carboxylic acids is 1. The van der Waals surface area contributed by atoms with Crippen LogP contribution in [0.4, 0.5) is 20.5 Å². The molecule has 3 aromatic heterocycles. The molecule has 4 heterocycles. The van der Waals surface area contributed by atoms with E-state index in [0.29, 0.717) is 69.3 Å². The van der Waals surface area contributed by atoms with Gasteiger partial charge in [-0.25, -0.2) is 13.8 Å². The number of amides is 1. The Balaban J connectivity index is 1.48. The number of alkyl halides is 2. The first-order chi connectivity index (χ1) is 20.4. The van der Waals surface area contributed by atoms with Crippen LogP contribution in [0.2, 0.25) is 0 Å². The van der Waals surface area contributed by atoms with Gasteiger partial charge in [-0.05, 0) is 37.1 Å². The van der Waals surface area contributed by atoms with Crippen molar-refractivity contribution in [2.75, 3.05) is 56.8 Å². The molecule has 13 heteroatoms. The Morgan fingerprint density at radius 2 is 1.90 bits per heavy atom. The lowest BCUT2D eigenvalue weighted by Crippen LogP contribution is -2.42. The van der Waals surface area contributed by atoms with Gasteiger partial charge in [0.15, 0.2) is 5.82 Å². The van der Waals surface area contributed by atoms with Crippen molar-refractivity contribution < 1.29 is 23.0 Å². The highest BCUT2D eigenvalue weighted by molar-refractivity contribution is 5.84. The van der Waals surface area contributed by atoms with Crippen molar-refractivity contribution in [1.82, 2.24) is 29.4 Å². The quantitative estimate of drug-likeness (QED) is 0.250. The van der Waals surface area contributed by atoms with Crippen LogP contribution in [0.15, 0.2) is 54.9 Å². The molecule has 0 saturated carbocycles. The lowest BCUT2D eigenvalue weighted by molar-refractivity contribution is -0.132. The summed E-state index contributed by atoms with van der Waals surface area (Å²) in [5.41, 5.74) is 1.82. The number of carbonyl (C=O) groups is 1. The predicted octanol–water partition coefficient (Wildman–Crippen LogP) is 3.85. The molecule has 42 heavy (non-hydrogen) atoms. The molecule has 0 aliphatic carbocycles. The number of hydrogen-bond donors (Lipinski definition) is 1. The molecule has 5 rings (SSSR count). The standard InChI is InChI=1S/C29H34F2N8O3/c1-20(28(40)38(11-6-14-41-2)19-21-7-5-10-32-18-21)33-29-35-24(37-12-15-42-16-13-37)17-25(36-29)39-23-9-4-3-8-22(23)34-27(39)26(30)31/h3-5,7-10,17-18,20,26H,6,11-16,19H2,1-2H3,(H,33,35,36)/t20-/m0/s1. The maximum atomic E-state index is 14.2. The van der Waals surface area contributed by atoms with Gasteiger partial charge in [0, 0.05) is 58.4 Å². The number of aromatic nitrogens is 5. The van der Waals surface area contributed by atoms with Crippen molar-refractivity contribution >= 4 is 28.7 Å². The van der Waals surface area contributed by atoms with E-state index in [1.165, 1.54) is 4.57 Å². The fourth-order valence-corrected chi connectivity index (χ4v) is 4.90. The molecule has 0 unspecified atom stereocenters. The minimum absolute atomic E-state index is 0.144. The summed E-state index contributed by atoms with van der Waals surface area (Å²) in [5, 5.41) is 3.14. The topological polar surface area (TPSA) is 111 Å². The first kappa shape index (κ1) is 29.3. The van der Waals surface area contributed by atoms with Crippen LogP contribution in [0.3, 0.4) is 0 Å². The highest BCUT2D eigenvalue weighted by Gasteiger charge is 2.25. The summed E-state index contributed by atoms with van der Waals surface area (Å²) in [6, 6.07) is 11.6. The molecule has 0 spiro atoms. The van der Waals surface area contributed by atoms with Crippen LogP contribution in [-0.4, -0.2) is 87.9 Å².